The average Bonchev–Trinajstić information content (AvgIpc) is 2.26. The molecule has 108 valence electrons. The predicted octanol–water partition coefficient (Wildman–Crippen LogP) is -1.23. The van der Waals surface area contributed by atoms with Crippen molar-refractivity contribution in [3.63, 3.8) is 0 Å². The second-order valence-electron chi connectivity index (χ2n) is 6.10. The van der Waals surface area contributed by atoms with Crippen molar-refractivity contribution in [2.75, 3.05) is 13.2 Å². The zero-order valence-electron chi connectivity index (χ0n) is 11.6. The molecule has 1 rings (SSSR count). The molecule has 1 heterocycles. The van der Waals surface area contributed by atoms with Crippen LogP contribution in [-0.2, 0) is 4.74 Å². The van der Waals surface area contributed by atoms with Crippen molar-refractivity contribution in [1.82, 2.24) is 0 Å². The molecule has 4 unspecified atom stereocenters. The maximum absolute atomic E-state index is 10.6. The van der Waals surface area contributed by atoms with E-state index in [9.17, 15) is 25.5 Å². The molecule has 5 N–H and O–H groups in total. The number of hydrogen-bond acceptors (Lipinski definition) is 6. The molecular weight excluding hydrogens is 240 g/mol. The summed E-state index contributed by atoms with van der Waals surface area (Å²) in [5.74, 6) is 0. The van der Waals surface area contributed by atoms with Crippen LogP contribution in [0.15, 0.2) is 0 Å². The van der Waals surface area contributed by atoms with Crippen LogP contribution in [0.5, 0.6) is 0 Å². The van der Waals surface area contributed by atoms with E-state index >= 15 is 0 Å². The summed E-state index contributed by atoms with van der Waals surface area (Å²) >= 11 is 0. The molecule has 1 fully saturated rings. The highest BCUT2D eigenvalue weighted by atomic mass is 16.6. The molecule has 0 spiro atoms. The van der Waals surface area contributed by atoms with Crippen molar-refractivity contribution in [3.8, 4) is 0 Å². The van der Waals surface area contributed by atoms with E-state index in [0.29, 0.717) is 0 Å². The monoisotopic (exact) mass is 264 g/mol. The van der Waals surface area contributed by atoms with Crippen LogP contribution in [0.25, 0.3) is 0 Å². The maximum atomic E-state index is 10.6. The molecule has 0 aromatic heterocycles. The molecule has 0 saturated carbocycles. The van der Waals surface area contributed by atoms with Gasteiger partial charge in [-0.1, -0.05) is 0 Å². The Balaban J connectivity index is 3.49. The smallest absolute Gasteiger partial charge is 0.124 e. The van der Waals surface area contributed by atoms with Gasteiger partial charge in [0.2, 0.25) is 0 Å². The number of aliphatic hydroxyl groups is 5. The Morgan fingerprint density at radius 1 is 0.667 bits per heavy atom. The molecule has 1 aliphatic rings. The van der Waals surface area contributed by atoms with Crippen molar-refractivity contribution in [3.05, 3.63) is 0 Å². The lowest BCUT2D eigenvalue weighted by molar-refractivity contribution is -0.406. The topological polar surface area (TPSA) is 110 Å². The lowest BCUT2D eigenvalue weighted by Crippen LogP contribution is -2.85. The normalized spacial score (nSPS) is 57.7. The van der Waals surface area contributed by atoms with Crippen LogP contribution in [0, 0.1) is 0 Å². The molecule has 0 aromatic carbocycles. The van der Waals surface area contributed by atoms with Crippen LogP contribution in [0.1, 0.15) is 34.6 Å². The van der Waals surface area contributed by atoms with Gasteiger partial charge in [-0.05, 0) is 34.6 Å². The third-order valence-corrected chi connectivity index (χ3v) is 5.01. The van der Waals surface area contributed by atoms with Gasteiger partial charge in [-0.25, -0.2) is 0 Å². The van der Waals surface area contributed by atoms with Crippen molar-refractivity contribution in [2.45, 2.75) is 62.6 Å². The summed E-state index contributed by atoms with van der Waals surface area (Å²) in [7, 11) is 0. The Morgan fingerprint density at radius 2 is 0.944 bits per heavy atom. The molecule has 5 atom stereocenters. The van der Waals surface area contributed by atoms with E-state index in [1.165, 1.54) is 34.6 Å². The zero-order chi connectivity index (χ0) is 14.6. The van der Waals surface area contributed by atoms with Gasteiger partial charge in [0, 0.05) is 0 Å². The lowest BCUT2D eigenvalue weighted by Gasteiger charge is -2.65. The first-order valence-electron chi connectivity index (χ1n) is 5.92. The number of aliphatic hydroxyl groups excluding tert-OH is 2. The van der Waals surface area contributed by atoms with Crippen LogP contribution in [0.4, 0.5) is 0 Å². The van der Waals surface area contributed by atoms with Crippen LogP contribution in [0.2, 0.25) is 0 Å². The van der Waals surface area contributed by atoms with E-state index in [-0.39, 0.29) is 0 Å². The van der Waals surface area contributed by atoms with Gasteiger partial charge in [0.1, 0.15) is 28.0 Å². The van der Waals surface area contributed by atoms with Crippen LogP contribution >= 0.6 is 0 Å². The van der Waals surface area contributed by atoms with Crippen molar-refractivity contribution in [2.24, 2.45) is 0 Å². The van der Waals surface area contributed by atoms with E-state index in [2.05, 4.69) is 0 Å². The Kier molecular flexibility index (Phi) is 3.41. The molecule has 1 saturated heterocycles. The Labute approximate surface area is 107 Å². The summed E-state index contributed by atoms with van der Waals surface area (Å²) in [6.45, 7) is 5.54. The van der Waals surface area contributed by atoms with Crippen LogP contribution in [-0.4, -0.2) is 66.8 Å². The van der Waals surface area contributed by atoms with Crippen molar-refractivity contribution >= 4 is 0 Å². The van der Waals surface area contributed by atoms with E-state index in [1.54, 1.807) is 0 Å². The van der Waals surface area contributed by atoms with Crippen molar-refractivity contribution < 1.29 is 30.3 Å². The fraction of sp³-hybridized carbons (Fsp3) is 1.00. The molecule has 0 radical (unpaired) electrons. The standard InChI is InChI=1S/C12H24O6/c1-8(6-13)10(3,15)12(5,17)11(4,16)9(2,7-14)18-8/h13-17H,6-7H2,1-5H3/t8-,9?,10?,11?,12?/m1/s1. The Morgan fingerprint density at radius 3 is 1.17 bits per heavy atom. The minimum absolute atomic E-state index is 0.568. The van der Waals surface area contributed by atoms with Crippen molar-refractivity contribution in [1.29, 1.82) is 0 Å². The third-order valence-electron chi connectivity index (χ3n) is 5.01. The van der Waals surface area contributed by atoms with E-state index < -0.39 is 41.2 Å². The fourth-order valence-electron chi connectivity index (χ4n) is 2.57. The Hall–Kier alpha value is -0.240. The second-order valence-corrected chi connectivity index (χ2v) is 6.10. The number of hydrogen-bond donors (Lipinski definition) is 5. The van der Waals surface area contributed by atoms with E-state index in [1.807, 2.05) is 0 Å². The second kappa shape index (κ2) is 3.88. The fourth-order valence-corrected chi connectivity index (χ4v) is 2.57. The minimum Gasteiger partial charge on any atom is -0.393 e. The molecule has 6 nitrogen and oxygen atoms in total. The first-order valence-corrected chi connectivity index (χ1v) is 5.92. The first kappa shape index (κ1) is 15.8. The highest BCUT2D eigenvalue weighted by Crippen LogP contribution is 2.52. The van der Waals surface area contributed by atoms with Gasteiger partial charge < -0.3 is 30.3 Å². The first-order chi connectivity index (χ1) is 7.83. The van der Waals surface area contributed by atoms with E-state index in [0.717, 1.165) is 0 Å². The van der Waals surface area contributed by atoms with Crippen LogP contribution in [0.3, 0.4) is 0 Å². The highest BCUT2D eigenvalue weighted by Gasteiger charge is 2.73. The molecule has 1 aliphatic heterocycles. The Bertz CT molecular complexity index is 307. The molecule has 0 aromatic rings. The van der Waals surface area contributed by atoms with Gasteiger partial charge in [-0.3, -0.25) is 0 Å². The molecule has 6 heteroatoms. The minimum atomic E-state index is -1.99. The lowest BCUT2D eigenvalue weighted by atomic mass is 9.58. The average molecular weight is 264 g/mol. The maximum Gasteiger partial charge on any atom is 0.124 e. The quantitative estimate of drug-likeness (QED) is 0.427. The van der Waals surface area contributed by atoms with E-state index in [4.69, 9.17) is 4.74 Å². The summed E-state index contributed by atoms with van der Waals surface area (Å²) in [6.07, 6.45) is 0. The molecule has 0 amide bonds. The van der Waals surface area contributed by atoms with Gasteiger partial charge in [-0.15, -0.1) is 0 Å². The molecule has 0 aliphatic carbocycles. The van der Waals surface area contributed by atoms with Crippen LogP contribution < -0.4 is 0 Å². The van der Waals surface area contributed by atoms with Gasteiger partial charge in [-0.2, -0.15) is 0 Å². The zero-order valence-corrected chi connectivity index (χ0v) is 11.6. The van der Waals surface area contributed by atoms with Gasteiger partial charge in [0.15, 0.2) is 0 Å². The SMILES string of the molecule is CC1(CO)O[C@](C)(CO)C(C)(O)C(C)(O)C1(C)O. The summed E-state index contributed by atoms with van der Waals surface area (Å²) in [4.78, 5) is 0. The summed E-state index contributed by atoms with van der Waals surface area (Å²) in [5, 5.41) is 50.5. The highest BCUT2D eigenvalue weighted by molar-refractivity contribution is 5.23. The largest absolute Gasteiger partial charge is 0.393 e. The summed E-state index contributed by atoms with van der Waals surface area (Å²) in [5.41, 5.74) is -8.85. The molecular formula is C12H24O6. The van der Waals surface area contributed by atoms with Gasteiger partial charge in [0.05, 0.1) is 13.2 Å². The number of rotatable bonds is 2. The molecule has 0 bridgehead atoms. The number of ether oxygens (including phenoxy) is 1. The summed E-state index contributed by atoms with van der Waals surface area (Å²) < 4.78 is 5.57. The molecule has 18 heavy (non-hydrogen) atoms. The third kappa shape index (κ3) is 1.51. The van der Waals surface area contributed by atoms with Gasteiger partial charge in [0.25, 0.3) is 0 Å². The van der Waals surface area contributed by atoms with Gasteiger partial charge >= 0.3 is 0 Å². The summed E-state index contributed by atoms with van der Waals surface area (Å²) in [6, 6.07) is 0. The predicted molar refractivity (Wildman–Crippen MR) is 63.9 cm³/mol.